The fraction of sp³-hybridized carbons (Fsp3) is 0.250. The summed E-state index contributed by atoms with van der Waals surface area (Å²) >= 11 is 9.10. The molecule has 0 aromatic heterocycles. The van der Waals surface area contributed by atoms with Crippen molar-refractivity contribution < 1.29 is 8.42 Å². The second-order valence-corrected chi connectivity index (χ2v) is 5.95. The zero-order chi connectivity index (χ0) is 10.8. The van der Waals surface area contributed by atoms with Gasteiger partial charge in [0.05, 0.1) is 5.75 Å². The average molecular weight is 299 g/mol. The fourth-order valence-electron chi connectivity index (χ4n) is 0.931. The topological polar surface area (TPSA) is 46.2 Å². The van der Waals surface area contributed by atoms with Crippen molar-refractivity contribution >= 4 is 37.6 Å². The molecule has 0 saturated carbocycles. The van der Waals surface area contributed by atoms with E-state index >= 15 is 0 Å². The Bertz CT molecular complexity index is 433. The number of halogens is 2. The molecular weight excluding hydrogens is 290 g/mol. The zero-order valence-electron chi connectivity index (χ0n) is 7.42. The lowest BCUT2D eigenvalue weighted by Gasteiger charge is -2.05. The summed E-state index contributed by atoms with van der Waals surface area (Å²) in [6.07, 6.45) is 0. The number of hydrogen-bond acceptors (Lipinski definition) is 2. The molecule has 0 spiro atoms. The minimum Gasteiger partial charge on any atom is -0.218 e. The van der Waals surface area contributed by atoms with Gasteiger partial charge in [0.1, 0.15) is 0 Å². The number of hydrogen-bond donors (Lipinski definition) is 1. The predicted molar refractivity (Wildman–Crippen MR) is 60.8 cm³/mol. The molecule has 0 aliphatic heterocycles. The Balaban J connectivity index is 3.03. The molecule has 0 fully saturated rings. The van der Waals surface area contributed by atoms with Crippen molar-refractivity contribution in [3.05, 3.63) is 33.3 Å². The molecule has 0 heterocycles. The molecule has 0 amide bonds. The SMILES string of the molecule is CNS(=O)(=O)Cc1cc(Br)ccc1Cl. The summed E-state index contributed by atoms with van der Waals surface area (Å²) < 4.78 is 25.5. The summed E-state index contributed by atoms with van der Waals surface area (Å²) in [7, 11) is -1.89. The second-order valence-electron chi connectivity index (χ2n) is 2.70. The van der Waals surface area contributed by atoms with Crippen molar-refractivity contribution in [3.63, 3.8) is 0 Å². The van der Waals surface area contributed by atoms with Crippen LogP contribution >= 0.6 is 27.5 Å². The highest BCUT2D eigenvalue weighted by molar-refractivity contribution is 9.10. The molecule has 78 valence electrons. The zero-order valence-corrected chi connectivity index (χ0v) is 10.6. The first-order valence-corrected chi connectivity index (χ1v) is 6.62. The molecule has 0 radical (unpaired) electrons. The Morgan fingerprint density at radius 3 is 2.71 bits per heavy atom. The van der Waals surface area contributed by atoms with Crippen LogP contribution in [0, 0.1) is 0 Å². The lowest BCUT2D eigenvalue weighted by Crippen LogP contribution is -2.20. The van der Waals surface area contributed by atoms with Gasteiger partial charge in [-0.3, -0.25) is 0 Å². The summed E-state index contributed by atoms with van der Waals surface area (Å²) in [4.78, 5) is 0. The Labute approximate surface area is 96.6 Å². The van der Waals surface area contributed by atoms with Crippen molar-refractivity contribution in [2.45, 2.75) is 5.75 Å². The number of nitrogens with one attached hydrogen (secondary N) is 1. The number of benzene rings is 1. The Kier molecular flexibility index (Phi) is 3.94. The third-order valence-electron chi connectivity index (χ3n) is 1.66. The maximum Gasteiger partial charge on any atom is 0.215 e. The summed E-state index contributed by atoms with van der Waals surface area (Å²) in [6, 6.07) is 5.11. The van der Waals surface area contributed by atoms with Crippen molar-refractivity contribution in [3.8, 4) is 0 Å². The monoisotopic (exact) mass is 297 g/mol. The van der Waals surface area contributed by atoms with E-state index in [1.165, 1.54) is 7.05 Å². The molecule has 1 rings (SSSR count). The van der Waals surface area contributed by atoms with Crippen LogP contribution in [0.25, 0.3) is 0 Å². The average Bonchev–Trinajstić information content (AvgIpc) is 2.11. The van der Waals surface area contributed by atoms with Gasteiger partial charge in [-0.1, -0.05) is 27.5 Å². The normalized spacial score (nSPS) is 11.6. The van der Waals surface area contributed by atoms with Gasteiger partial charge in [0, 0.05) is 9.50 Å². The molecule has 0 unspecified atom stereocenters. The van der Waals surface area contributed by atoms with E-state index in [1.54, 1.807) is 18.2 Å². The number of sulfonamides is 1. The molecule has 3 nitrogen and oxygen atoms in total. The molecule has 0 atom stereocenters. The van der Waals surface area contributed by atoms with Crippen LogP contribution in [-0.2, 0) is 15.8 Å². The van der Waals surface area contributed by atoms with E-state index in [4.69, 9.17) is 11.6 Å². The maximum atomic E-state index is 11.2. The highest BCUT2D eigenvalue weighted by atomic mass is 79.9. The molecule has 0 aliphatic rings. The van der Waals surface area contributed by atoms with Crippen LogP contribution in [0.1, 0.15) is 5.56 Å². The quantitative estimate of drug-likeness (QED) is 0.929. The van der Waals surface area contributed by atoms with Gasteiger partial charge < -0.3 is 0 Å². The smallest absolute Gasteiger partial charge is 0.215 e. The minimum atomic E-state index is -3.27. The van der Waals surface area contributed by atoms with Gasteiger partial charge in [0.15, 0.2) is 0 Å². The fourth-order valence-corrected chi connectivity index (χ4v) is 2.40. The van der Waals surface area contributed by atoms with Gasteiger partial charge in [-0.15, -0.1) is 0 Å². The van der Waals surface area contributed by atoms with Crippen molar-refractivity contribution in [2.75, 3.05) is 7.05 Å². The largest absolute Gasteiger partial charge is 0.218 e. The highest BCUT2D eigenvalue weighted by Gasteiger charge is 2.11. The molecule has 6 heteroatoms. The van der Waals surface area contributed by atoms with E-state index < -0.39 is 10.0 Å². The van der Waals surface area contributed by atoms with Crippen LogP contribution in [-0.4, -0.2) is 15.5 Å². The molecular formula is C8H9BrClNO2S. The van der Waals surface area contributed by atoms with Gasteiger partial charge in [-0.2, -0.15) is 0 Å². The molecule has 14 heavy (non-hydrogen) atoms. The Morgan fingerprint density at radius 1 is 1.50 bits per heavy atom. The van der Waals surface area contributed by atoms with Gasteiger partial charge in [0.2, 0.25) is 10.0 Å². The summed E-state index contributed by atoms with van der Waals surface area (Å²) in [5.41, 5.74) is 0.579. The Hall–Kier alpha value is -0.100. The van der Waals surface area contributed by atoms with Gasteiger partial charge >= 0.3 is 0 Å². The van der Waals surface area contributed by atoms with Crippen LogP contribution in [0.3, 0.4) is 0 Å². The minimum absolute atomic E-state index is 0.109. The summed E-state index contributed by atoms with van der Waals surface area (Å²) in [5, 5.41) is 0.451. The molecule has 1 aromatic rings. The van der Waals surface area contributed by atoms with Crippen molar-refractivity contribution in [1.82, 2.24) is 4.72 Å². The van der Waals surface area contributed by atoms with Crippen LogP contribution in [0.2, 0.25) is 5.02 Å². The van der Waals surface area contributed by atoms with Crippen molar-refractivity contribution in [1.29, 1.82) is 0 Å². The lowest BCUT2D eigenvalue weighted by molar-refractivity contribution is 0.587. The first-order valence-electron chi connectivity index (χ1n) is 3.80. The van der Waals surface area contributed by atoms with Crippen LogP contribution in [0.5, 0.6) is 0 Å². The molecule has 1 N–H and O–H groups in total. The molecule has 1 aromatic carbocycles. The predicted octanol–water partition coefficient (Wildman–Crippen LogP) is 2.15. The third kappa shape index (κ3) is 3.24. The first kappa shape index (κ1) is 12.0. The van der Waals surface area contributed by atoms with Gasteiger partial charge in [0.25, 0.3) is 0 Å². The Morgan fingerprint density at radius 2 is 2.14 bits per heavy atom. The van der Waals surface area contributed by atoms with Crippen molar-refractivity contribution in [2.24, 2.45) is 0 Å². The summed E-state index contributed by atoms with van der Waals surface area (Å²) in [6.45, 7) is 0. The maximum absolute atomic E-state index is 11.2. The first-order chi connectivity index (χ1) is 6.44. The van der Waals surface area contributed by atoms with Gasteiger partial charge in [-0.25, -0.2) is 13.1 Å². The third-order valence-corrected chi connectivity index (χ3v) is 3.84. The van der Waals surface area contributed by atoms with E-state index in [2.05, 4.69) is 20.7 Å². The van der Waals surface area contributed by atoms with E-state index in [0.717, 1.165) is 4.47 Å². The van der Waals surface area contributed by atoms with E-state index in [9.17, 15) is 8.42 Å². The van der Waals surface area contributed by atoms with Crippen LogP contribution in [0.15, 0.2) is 22.7 Å². The molecule has 0 bridgehead atoms. The van der Waals surface area contributed by atoms with E-state index in [1.807, 2.05) is 0 Å². The standard InChI is InChI=1S/C8H9BrClNO2S/c1-11-14(12,13)5-6-4-7(9)2-3-8(6)10/h2-4,11H,5H2,1H3. The lowest BCUT2D eigenvalue weighted by atomic mass is 10.2. The summed E-state index contributed by atoms with van der Waals surface area (Å²) in [5.74, 6) is -0.109. The molecule has 0 saturated heterocycles. The second kappa shape index (κ2) is 4.61. The highest BCUT2D eigenvalue weighted by Crippen LogP contribution is 2.22. The molecule has 0 aliphatic carbocycles. The van der Waals surface area contributed by atoms with E-state index in [-0.39, 0.29) is 5.75 Å². The van der Waals surface area contributed by atoms with E-state index in [0.29, 0.717) is 10.6 Å². The van der Waals surface area contributed by atoms with Crippen LogP contribution in [0.4, 0.5) is 0 Å². The van der Waals surface area contributed by atoms with Crippen LogP contribution < -0.4 is 4.72 Å². The number of rotatable bonds is 3. The van der Waals surface area contributed by atoms with Gasteiger partial charge in [-0.05, 0) is 30.8 Å².